The Morgan fingerprint density at radius 1 is 1.47 bits per heavy atom. The van der Waals surface area contributed by atoms with Gasteiger partial charge in [0.15, 0.2) is 0 Å². The van der Waals surface area contributed by atoms with Gasteiger partial charge in [0.1, 0.15) is 0 Å². The monoisotopic (exact) mass is 252 g/mol. The van der Waals surface area contributed by atoms with Crippen LogP contribution in [0.15, 0.2) is 12.1 Å². The largest absolute Gasteiger partial charge is 0.335 e. The number of hydrogen-bond donors (Lipinski definition) is 1. The van der Waals surface area contributed by atoms with Crippen LogP contribution in [0.5, 0.6) is 0 Å². The van der Waals surface area contributed by atoms with Crippen LogP contribution in [0.3, 0.4) is 0 Å². The highest BCUT2D eigenvalue weighted by Crippen LogP contribution is 2.20. The summed E-state index contributed by atoms with van der Waals surface area (Å²) in [4.78, 5) is 16.5. The van der Waals surface area contributed by atoms with E-state index in [1.165, 1.54) is 4.88 Å². The van der Waals surface area contributed by atoms with Gasteiger partial charge in [0.05, 0.1) is 4.88 Å². The number of aryl methyl sites for hydroxylation is 1. The van der Waals surface area contributed by atoms with Crippen molar-refractivity contribution < 1.29 is 4.79 Å². The van der Waals surface area contributed by atoms with E-state index >= 15 is 0 Å². The van der Waals surface area contributed by atoms with Crippen LogP contribution < -0.4 is 5.32 Å². The molecule has 1 N–H and O–H groups in total. The van der Waals surface area contributed by atoms with Crippen LogP contribution in [-0.2, 0) is 0 Å². The first-order chi connectivity index (χ1) is 8.22. The topological polar surface area (TPSA) is 32.3 Å². The van der Waals surface area contributed by atoms with E-state index in [2.05, 4.69) is 12.2 Å². The molecule has 0 radical (unpaired) electrons. The maximum absolute atomic E-state index is 12.4. The number of nitrogens with one attached hydrogen (secondary N) is 1. The second-order valence-corrected chi connectivity index (χ2v) is 5.77. The van der Waals surface area contributed by atoms with Crippen molar-refractivity contribution in [2.75, 3.05) is 19.6 Å². The standard InChI is InChI=1S/C13H20N2OS/c1-3-15(11-6-8-14-9-7-11)13(16)12-5-4-10(2)17-12/h4-5,11,14H,3,6-9H2,1-2H3. The van der Waals surface area contributed by atoms with E-state index in [0.29, 0.717) is 6.04 Å². The highest BCUT2D eigenvalue weighted by molar-refractivity contribution is 7.13. The summed E-state index contributed by atoms with van der Waals surface area (Å²) in [5, 5.41) is 3.34. The fourth-order valence-corrected chi connectivity index (χ4v) is 3.20. The first-order valence-electron chi connectivity index (χ1n) is 6.30. The molecule has 1 saturated heterocycles. The molecule has 1 aliphatic heterocycles. The zero-order chi connectivity index (χ0) is 12.3. The van der Waals surface area contributed by atoms with Gasteiger partial charge in [-0.05, 0) is 51.9 Å². The minimum atomic E-state index is 0.206. The molecule has 2 rings (SSSR count). The van der Waals surface area contributed by atoms with Gasteiger partial charge in [-0.1, -0.05) is 0 Å². The van der Waals surface area contributed by atoms with Crippen molar-refractivity contribution in [2.24, 2.45) is 0 Å². The summed E-state index contributed by atoms with van der Waals surface area (Å²) in [5.74, 6) is 0.206. The van der Waals surface area contributed by atoms with Crippen LogP contribution in [-0.4, -0.2) is 36.5 Å². The molecular formula is C13H20N2OS. The minimum absolute atomic E-state index is 0.206. The Bertz CT molecular complexity index is 383. The lowest BCUT2D eigenvalue weighted by Crippen LogP contribution is -2.45. The predicted molar refractivity (Wildman–Crippen MR) is 71.7 cm³/mol. The Balaban J connectivity index is 2.09. The van der Waals surface area contributed by atoms with Crippen LogP contribution in [0.25, 0.3) is 0 Å². The van der Waals surface area contributed by atoms with Gasteiger partial charge in [-0.15, -0.1) is 11.3 Å². The maximum atomic E-state index is 12.4. The molecule has 0 unspecified atom stereocenters. The fourth-order valence-electron chi connectivity index (χ4n) is 2.38. The quantitative estimate of drug-likeness (QED) is 0.895. The van der Waals surface area contributed by atoms with Gasteiger partial charge in [-0.2, -0.15) is 0 Å². The maximum Gasteiger partial charge on any atom is 0.264 e. The lowest BCUT2D eigenvalue weighted by Gasteiger charge is -2.33. The normalized spacial score (nSPS) is 17.1. The average Bonchev–Trinajstić information content (AvgIpc) is 2.78. The van der Waals surface area contributed by atoms with Crippen molar-refractivity contribution in [3.8, 4) is 0 Å². The molecule has 0 spiro atoms. The van der Waals surface area contributed by atoms with Crippen molar-refractivity contribution in [3.05, 3.63) is 21.9 Å². The SMILES string of the molecule is CCN(C(=O)c1ccc(C)s1)C1CCNCC1. The first-order valence-corrected chi connectivity index (χ1v) is 7.12. The Hall–Kier alpha value is -0.870. The van der Waals surface area contributed by atoms with Crippen molar-refractivity contribution in [2.45, 2.75) is 32.7 Å². The molecule has 1 amide bonds. The van der Waals surface area contributed by atoms with Crippen LogP contribution in [0.2, 0.25) is 0 Å². The number of carbonyl (C=O) groups excluding carboxylic acids is 1. The fraction of sp³-hybridized carbons (Fsp3) is 0.615. The molecule has 0 aliphatic carbocycles. The third-order valence-corrected chi connectivity index (χ3v) is 4.29. The average molecular weight is 252 g/mol. The molecule has 2 heterocycles. The summed E-state index contributed by atoms with van der Waals surface area (Å²) in [6.45, 7) is 6.97. The van der Waals surface area contributed by atoms with E-state index in [4.69, 9.17) is 0 Å². The second-order valence-electron chi connectivity index (χ2n) is 4.48. The molecule has 0 bridgehead atoms. The molecule has 0 atom stereocenters. The van der Waals surface area contributed by atoms with Gasteiger partial charge in [0.25, 0.3) is 5.91 Å². The first kappa shape index (κ1) is 12.6. The number of carbonyl (C=O) groups is 1. The van der Waals surface area contributed by atoms with Crippen LogP contribution >= 0.6 is 11.3 Å². The molecule has 1 aromatic heterocycles. The molecule has 1 aromatic rings. The van der Waals surface area contributed by atoms with E-state index in [0.717, 1.165) is 37.4 Å². The Kier molecular flexibility index (Phi) is 4.18. The van der Waals surface area contributed by atoms with E-state index in [9.17, 15) is 4.79 Å². The van der Waals surface area contributed by atoms with Gasteiger partial charge >= 0.3 is 0 Å². The third-order valence-electron chi connectivity index (χ3n) is 3.30. The number of rotatable bonds is 3. The minimum Gasteiger partial charge on any atom is -0.335 e. The molecule has 94 valence electrons. The van der Waals surface area contributed by atoms with Gasteiger partial charge in [-0.3, -0.25) is 4.79 Å². The highest BCUT2D eigenvalue weighted by atomic mass is 32.1. The van der Waals surface area contributed by atoms with E-state index in [-0.39, 0.29) is 5.91 Å². The number of piperidine rings is 1. The zero-order valence-electron chi connectivity index (χ0n) is 10.5. The van der Waals surface area contributed by atoms with Gasteiger partial charge in [0, 0.05) is 17.5 Å². The van der Waals surface area contributed by atoms with Gasteiger partial charge in [0.2, 0.25) is 0 Å². The Morgan fingerprint density at radius 2 is 2.18 bits per heavy atom. The smallest absolute Gasteiger partial charge is 0.264 e. The summed E-state index contributed by atoms with van der Waals surface area (Å²) < 4.78 is 0. The number of hydrogen-bond acceptors (Lipinski definition) is 3. The summed E-state index contributed by atoms with van der Waals surface area (Å²) in [5.41, 5.74) is 0. The number of amides is 1. The molecule has 1 fully saturated rings. The Labute approximate surface area is 107 Å². The van der Waals surface area contributed by atoms with E-state index < -0.39 is 0 Å². The summed E-state index contributed by atoms with van der Waals surface area (Å²) in [6, 6.07) is 4.39. The molecule has 1 aliphatic rings. The van der Waals surface area contributed by atoms with Crippen LogP contribution in [0.1, 0.15) is 34.3 Å². The van der Waals surface area contributed by atoms with Crippen molar-refractivity contribution >= 4 is 17.2 Å². The summed E-state index contributed by atoms with van der Waals surface area (Å²) in [6.07, 6.45) is 2.15. The summed E-state index contributed by atoms with van der Waals surface area (Å²) in [7, 11) is 0. The highest BCUT2D eigenvalue weighted by Gasteiger charge is 2.25. The van der Waals surface area contributed by atoms with Crippen molar-refractivity contribution in [1.82, 2.24) is 10.2 Å². The third kappa shape index (κ3) is 2.87. The predicted octanol–water partition coefficient (Wildman–Crippen LogP) is 2.27. The number of nitrogens with zero attached hydrogens (tertiary/aromatic N) is 1. The number of thiophene rings is 1. The second kappa shape index (κ2) is 5.65. The van der Waals surface area contributed by atoms with Crippen molar-refractivity contribution in [1.29, 1.82) is 0 Å². The van der Waals surface area contributed by atoms with E-state index in [1.54, 1.807) is 11.3 Å². The molecule has 3 nitrogen and oxygen atoms in total. The van der Waals surface area contributed by atoms with Crippen molar-refractivity contribution in [3.63, 3.8) is 0 Å². The lowest BCUT2D eigenvalue weighted by molar-refractivity contribution is 0.0661. The van der Waals surface area contributed by atoms with Gasteiger partial charge in [-0.25, -0.2) is 0 Å². The van der Waals surface area contributed by atoms with Gasteiger partial charge < -0.3 is 10.2 Å². The lowest BCUT2D eigenvalue weighted by atomic mass is 10.0. The Morgan fingerprint density at radius 3 is 2.71 bits per heavy atom. The van der Waals surface area contributed by atoms with Crippen LogP contribution in [0, 0.1) is 6.92 Å². The van der Waals surface area contributed by atoms with Crippen LogP contribution in [0.4, 0.5) is 0 Å². The molecular weight excluding hydrogens is 232 g/mol. The molecule has 0 saturated carbocycles. The zero-order valence-corrected chi connectivity index (χ0v) is 11.3. The molecule has 4 heteroatoms. The molecule has 0 aromatic carbocycles. The summed E-state index contributed by atoms with van der Waals surface area (Å²) >= 11 is 1.60. The molecule has 17 heavy (non-hydrogen) atoms. The van der Waals surface area contributed by atoms with E-state index in [1.807, 2.05) is 24.0 Å².